The third-order valence-corrected chi connectivity index (χ3v) is 3.37. The Kier molecular flexibility index (Phi) is 6.14. The van der Waals surface area contributed by atoms with Gasteiger partial charge in [-0.15, -0.1) is 0 Å². The van der Waals surface area contributed by atoms with Crippen molar-refractivity contribution in [2.45, 2.75) is 0 Å². The second kappa shape index (κ2) is 8.31. The summed E-state index contributed by atoms with van der Waals surface area (Å²) in [6, 6.07) is 13.5. The van der Waals surface area contributed by atoms with E-state index in [9.17, 15) is 9.59 Å². The summed E-state index contributed by atoms with van der Waals surface area (Å²) in [6.45, 7) is -0.203. The van der Waals surface area contributed by atoms with Crippen LogP contribution < -0.4 is 10.7 Å². The molecule has 7 heteroatoms. The minimum Gasteiger partial charge on any atom is -0.343 e. The molecule has 0 heterocycles. The van der Waals surface area contributed by atoms with E-state index in [2.05, 4.69) is 15.8 Å². The van der Waals surface area contributed by atoms with Crippen LogP contribution in [-0.2, 0) is 4.79 Å². The summed E-state index contributed by atoms with van der Waals surface area (Å²) >= 11 is 11.8. The number of hydrogen-bond acceptors (Lipinski definition) is 3. The lowest BCUT2D eigenvalue weighted by Crippen LogP contribution is -2.34. The lowest BCUT2D eigenvalue weighted by atomic mass is 10.2. The third kappa shape index (κ3) is 5.39. The van der Waals surface area contributed by atoms with Crippen molar-refractivity contribution in [1.29, 1.82) is 0 Å². The lowest BCUT2D eigenvalue weighted by molar-refractivity contribution is -0.120. The van der Waals surface area contributed by atoms with Crippen molar-refractivity contribution in [2.24, 2.45) is 5.10 Å². The summed E-state index contributed by atoms with van der Waals surface area (Å²) in [5.41, 5.74) is 3.37. The second-order valence-electron chi connectivity index (χ2n) is 4.51. The average Bonchev–Trinajstić information content (AvgIpc) is 2.54. The molecular weight excluding hydrogens is 337 g/mol. The van der Waals surface area contributed by atoms with E-state index in [0.29, 0.717) is 21.2 Å². The zero-order chi connectivity index (χ0) is 16.7. The Balaban J connectivity index is 1.81. The maximum absolute atomic E-state index is 11.8. The predicted octanol–water partition coefficient (Wildman–Crippen LogP) is 2.87. The number of carbonyl (C=O) groups is 2. The van der Waals surface area contributed by atoms with Crippen molar-refractivity contribution < 1.29 is 9.59 Å². The second-order valence-corrected chi connectivity index (χ2v) is 5.35. The van der Waals surface area contributed by atoms with Crippen molar-refractivity contribution in [3.8, 4) is 0 Å². The summed E-state index contributed by atoms with van der Waals surface area (Å²) in [6.07, 6.45) is 1.43. The molecule has 0 aromatic heterocycles. The van der Waals surface area contributed by atoms with Crippen molar-refractivity contribution in [1.82, 2.24) is 10.7 Å². The molecule has 2 aromatic rings. The molecule has 0 bridgehead atoms. The topological polar surface area (TPSA) is 70.6 Å². The fraction of sp³-hybridized carbons (Fsp3) is 0.0625. The minimum atomic E-state index is -0.455. The van der Waals surface area contributed by atoms with Gasteiger partial charge >= 0.3 is 0 Å². The number of hydrazone groups is 1. The van der Waals surface area contributed by atoms with Crippen LogP contribution in [0.15, 0.2) is 53.6 Å². The van der Waals surface area contributed by atoms with Crippen molar-refractivity contribution >= 4 is 41.2 Å². The van der Waals surface area contributed by atoms with Crippen LogP contribution in [0, 0.1) is 0 Å². The summed E-state index contributed by atoms with van der Waals surface area (Å²) in [7, 11) is 0. The SMILES string of the molecule is O=C(CNC(=O)c1cccc(Cl)c1)NN=Cc1ccccc1Cl. The highest BCUT2D eigenvalue weighted by Crippen LogP contribution is 2.12. The van der Waals surface area contributed by atoms with E-state index in [1.807, 2.05) is 0 Å². The van der Waals surface area contributed by atoms with Gasteiger partial charge in [0.15, 0.2) is 0 Å². The van der Waals surface area contributed by atoms with Crippen LogP contribution >= 0.6 is 23.2 Å². The molecule has 118 valence electrons. The van der Waals surface area contributed by atoms with E-state index in [1.54, 1.807) is 42.5 Å². The molecule has 0 aliphatic heterocycles. The third-order valence-electron chi connectivity index (χ3n) is 2.79. The van der Waals surface area contributed by atoms with Gasteiger partial charge in [-0.25, -0.2) is 5.43 Å². The van der Waals surface area contributed by atoms with Gasteiger partial charge in [-0.1, -0.05) is 47.5 Å². The van der Waals surface area contributed by atoms with E-state index in [1.165, 1.54) is 12.3 Å². The summed E-state index contributed by atoms with van der Waals surface area (Å²) < 4.78 is 0. The highest BCUT2D eigenvalue weighted by Gasteiger charge is 2.07. The van der Waals surface area contributed by atoms with Gasteiger partial charge in [0.2, 0.25) is 0 Å². The zero-order valence-corrected chi connectivity index (χ0v) is 13.4. The molecule has 2 N–H and O–H groups in total. The molecule has 0 aliphatic carbocycles. The van der Waals surface area contributed by atoms with Gasteiger partial charge in [0, 0.05) is 21.2 Å². The molecule has 2 rings (SSSR count). The van der Waals surface area contributed by atoms with Crippen molar-refractivity contribution in [3.05, 3.63) is 69.7 Å². The normalized spacial score (nSPS) is 10.5. The molecule has 0 fully saturated rings. The molecule has 0 saturated carbocycles. The monoisotopic (exact) mass is 349 g/mol. The van der Waals surface area contributed by atoms with Gasteiger partial charge in [0.1, 0.15) is 0 Å². The smallest absolute Gasteiger partial charge is 0.259 e. The molecule has 0 spiro atoms. The fourth-order valence-corrected chi connectivity index (χ4v) is 2.06. The number of benzene rings is 2. The first-order valence-corrected chi connectivity index (χ1v) is 7.42. The van der Waals surface area contributed by atoms with Gasteiger partial charge < -0.3 is 5.32 Å². The number of hydrogen-bond donors (Lipinski definition) is 2. The van der Waals surface area contributed by atoms with Crippen LogP contribution in [0.2, 0.25) is 10.0 Å². The Bertz CT molecular complexity index is 748. The molecule has 5 nitrogen and oxygen atoms in total. The van der Waals surface area contributed by atoms with Gasteiger partial charge in [-0.2, -0.15) is 5.10 Å². The van der Waals surface area contributed by atoms with Crippen molar-refractivity contribution in [3.63, 3.8) is 0 Å². The maximum Gasteiger partial charge on any atom is 0.259 e. The molecular formula is C16H13Cl2N3O2. The Labute approximate surface area is 143 Å². The summed E-state index contributed by atoms with van der Waals surface area (Å²) in [5.74, 6) is -0.846. The molecule has 0 atom stereocenters. The summed E-state index contributed by atoms with van der Waals surface area (Å²) in [5, 5.41) is 7.24. The number of halogens is 2. The Morgan fingerprint density at radius 2 is 1.87 bits per heavy atom. The van der Waals surface area contributed by atoms with Crippen LogP contribution in [0.3, 0.4) is 0 Å². The molecule has 0 aliphatic rings. The first-order valence-electron chi connectivity index (χ1n) is 6.66. The quantitative estimate of drug-likeness (QED) is 0.643. The first kappa shape index (κ1) is 17.0. The standard InChI is InChI=1S/C16H13Cl2N3O2/c17-13-6-3-5-11(8-13)16(23)19-10-15(22)21-20-9-12-4-1-2-7-14(12)18/h1-9H,10H2,(H,19,23)(H,21,22). The molecule has 0 unspecified atom stereocenters. The first-order chi connectivity index (χ1) is 11.1. The number of carbonyl (C=O) groups excluding carboxylic acids is 2. The molecule has 2 aromatic carbocycles. The predicted molar refractivity (Wildman–Crippen MR) is 91.0 cm³/mol. The van der Waals surface area contributed by atoms with E-state index >= 15 is 0 Å². The van der Waals surface area contributed by atoms with Crippen LogP contribution in [0.1, 0.15) is 15.9 Å². The van der Waals surface area contributed by atoms with Crippen LogP contribution in [0.5, 0.6) is 0 Å². The number of nitrogens with zero attached hydrogens (tertiary/aromatic N) is 1. The van der Waals surface area contributed by atoms with Gasteiger partial charge in [-0.05, 0) is 24.3 Å². The van der Waals surface area contributed by atoms with E-state index in [-0.39, 0.29) is 6.54 Å². The fourth-order valence-electron chi connectivity index (χ4n) is 1.69. The van der Waals surface area contributed by atoms with E-state index < -0.39 is 11.8 Å². The van der Waals surface area contributed by atoms with E-state index in [4.69, 9.17) is 23.2 Å². The van der Waals surface area contributed by atoms with Crippen LogP contribution in [0.25, 0.3) is 0 Å². The number of amides is 2. The molecule has 0 radical (unpaired) electrons. The van der Waals surface area contributed by atoms with Crippen LogP contribution in [0.4, 0.5) is 0 Å². The Morgan fingerprint density at radius 3 is 2.61 bits per heavy atom. The maximum atomic E-state index is 11.8. The molecule has 23 heavy (non-hydrogen) atoms. The van der Waals surface area contributed by atoms with Crippen molar-refractivity contribution in [2.75, 3.05) is 6.54 Å². The highest BCUT2D eigenvalue weighted by molar-refractivity contribution is 6.33. The minimum absolute atomic E-state index is 0.203. The largest absolute Gasteiger partial charge is 0.343 e. The van der Waals surface area contributed by atoms with Gasteiger partial charge in [0.25, 0.3) is 11.8 Å². The lowest BCUT2D eigenvalue weighted by Gasteiger charge is -2.04. The van der Waals surface area contributed by atoms with Gasteiger partial charge in [0.05, 0.1) is 12.8 Å². The summed E-state index contributed by atoms with van der Waals surface area (Å²) in [4.78, 5) is 23.5. The number of rotatable bonds is 5. The zero-order valence-electron chi connectivity index (χ0n) is 11.9. The van der Waals surface area contributed by atoms with Gasteiger partial charge in [-0.3, -0.25) is 9.59 Å². The Morgan fingerprint density at radius 1 is 1.09 bits per heavy atom. The average molecular weight is 350 g/mol. The van der Waals surface area contributed by atoms with E-state index in [0.717, 1.165) is 0 Å². The molecule has 0 saturated heterocycles. The molecule has 2 amide bonds. The number of nitrogens with one attached hydrogen (secondary N) is 2. The van der Waals surface area contributed by atoms with Crippen LogP contribution in [-0.4, -0.2) is 24.6 Å². The Hall–Kier alpha value is -2.37. The highest BCUT2D eigenvalue weighted by atomic mass is 35.5.